The Kier molecular flexibility index (Phi) is 4.81. The third-order valence-corrected chi connectivity index (χ3v) is 5.18. The standard InChI is InChI=1S/C12H15BrFNO3S/c13-9-1-2-11(14)12(7-9)18-5-4-15-10-3-6-19(16,17)8-10/h1-2,7,10,15H,3-6,8H2. The smallest absolute Gasteiger partial charge is 0.165 e. The number of ether oxygens (including phenoxy) is 1. The van der Waals surface area contributed by atoms with Crippen LogP contribution in [0.25, 0.3) is 0 Å². The molecule has 1 saturated heterocycles. The van der Waals surface area contributed by atoms with E-state index in [4.69, 9.17) is 4.74 Å². The van der Waals surface area contributed by atoms with E-state index in [1.54, 1.807) is 12.1 Å². The lowest BCUT2D eigenvalue weighted by Crippen LogP contribution is -2.33. The number of benzene rings is 1. The Labute approximate surface area is 120 Å². The molecule has 1 unspecified atom stereocenters. The SMILES string of the molecule is O=S1(=O)CCC(NCCOc2cc(Br)ccc2F)C1. The maximum Gasteiger partial charge on any atom is 0.165 e. The highest BCUT2D eigenvalue weighted by Crippen LogP contribution is 2.22. The molecule has 1 N–H and O–H groups in total. The van der Waals surface area contributed by atoms with Gasteiger partial charge in [0.2, 0.25) is 0 Å². The maximum absolute atomic E-state index is 13.4. The average Bonchev–Trinajstić information content (AvgIpc) is 2.69. The molecule has 0 spiro atoms. The molecule has 19 heavy (non-hydrogen) atoms. The van der Waals surface area contributed by atoms with Crippen molar-refractivity contribution in [3.05, 3.63) is 28.5 Å². The minimum absolute atomic E-state index is 0.0130. The van der Waals surface area contributed by atoms with Crippen LogP contribution in [0.2, 0.25) is 0 Å². The third-order valence-electron chi connectivity index (χ3n) is 2.92. The predicted octanol–water partition coefficient (Wildman–Crippen LogP) is 1.74. The first-order chi connectivity index (χ1) is 8.96. The van der Waals surface area contributed by atoms with Crippen LogP contribution in [0, 0.1) is 5.82 Å². The molecule has 1 aromatic rings. The predicted molar refractivity (Wildman–Crippen MR) is 74.7 cm³/mol. The fourth-order valence-electron chi connectivity index (χ4n) is 1.97. The topological polar surface area (TPSA) is 55.4 Å². The van der Waals surface area contributed by atoms with Gasteiger partial charge in [0, 0.05) is 17.1 Å². The molecule has 0 saturated carbocycles. The van der Waals surface area contributed by atoms with E-state index >= 15 is 0 Å². The van der Waals surface area contributed by atoms with Crippen molar-refractivity contribution in [2.45, 2.75) is 12.5 Å². The summed E-state index contributed by atoms with van der Waals surface area (Å²) in [7, 11) is -2.87. The maximum atomic E-state index is 13.4. The van der Waals surface area contributed by atoms with E-state index in [0.717, 1.165) is 4.47 Å². The van der Waals surface area contributed by atoms with E-state index in [-0.39, 0.29) is 23.3 Å². The van der Waals surface area contributed by atoms with Crippen molar-refractivity contribution in [3.63, 3.8) is 0 Å². The minimum atomic E-state index is -2.87. The summed E-state index contributed by atoms with van der Waals surface area (Å²) >= 11 is 3.24. The van der Waals surface area contributed by atoms with Crippen molar-refractivity contribution in [2.24, 2.45) is 0 Å². The Bertz CT molecular complexity index is 550. The van der Waals surface area contributed by atoms with Crippen molar-refractivity contribution in [3.8, 4) is 5.75 Å². The third kappa shape index (κ3) is 4.43. The second-order valence-corrected chi connectivity index (χ2v) is 7.62. The van der Waals surface area contributed by atoms with Gasteiger partial charge >= 0.3 is 0 Å². The van der Waals surface area contributed by atoms with Crippen LogP contribution in [0.5, 0.6) is 5.75 Å². The lowest BCUT2D eigenvalue weighted by Gasteiger charge is -2.12. The van der Waals surface area contributed by atoms with Crippen LogP contribution in [-0.4, -0.2) is 39.1 Å². The molecule has 1 fully saturated rings. The first-order valence-corrected chi connectivity index (χ1v) is 8.59. The molecule has 1 atom stereocenters. The lowest BCUT2D eigenvalue weighted by molar-refractivity contribution is 0.293. The summed E-state index contributed by atoms with van der Waals surface area (Å²) in [6.45, 7) is 0.788. The molecule has 106 valence electrons. The van der Waals surface area contributed by atoms with Crippen LogP contribution < -0.4 is 10.1 Å². The van der Waals surface area contributed by atoms with Crippen molar-refractivity contribution >= 4 is 25.8 Å². The fraction of sp³-hybridized carbons (Fsp3) is 0.500. The molecule has 1 aromatic carbocycles. The molecular weight excluding hydrogens is 337 g/mol. The van der Waals surface area contributed by atoms with Crippen LogP contribution in [-0.2, 0) is 9.84 Å². The number of rotatable bonds is 5. The summed E-state index contributed by atoms with van der Waals surface area (Å²) < 4.78 is 41.9. The van der Waals surface area contributed by atoms with E-state index in [2.05, 4.69) is 21.2 Å². The molecule has 2 rings (SSSR count). The van der Waals surface area contributed by atoms with E-state index in [1.165, 1.54) is 6.07 Å². The monoisotopic (exact) mass is 351 g/mol. The van der Waals surface area contributed by atoms with Crippen molar-refractivity contribution in [2.75, 3.05) is 24.7 Å². The molecular formula is C12H15BrFNO3S. The Balaban J connectivity index is 1.74. The summed E-state index contributed by atoms with van der Waals surface area (Å²) in [5.41, 5.74) is 0. The highest BCUT2D eigenvalue weighted by molar-refractivity contribution is 9.10. The van der Waals surface area contributed by atoms with Crippen LogP contribution >= 0.6 is 15.9 Å². The molecule has 1 aliphatic heterocycles. The summed E-state index contributed by atoms with van der Waals surface area (Å²) in [5, 5.41) is 3.10. The molecule has 0 bridgehead atoms. The normalized spacial score (nSPS) is 21.5. The zero-order valence-corrected chi connectivity index (χ0v) is 12.6. The van der Waals surface area contributed by atoms with Gasteiger partial charge in [-0.2, -0.15) is 0 Å². The highest BCUT2D eigenvalue weighted by Gasteiger charge is 2.27. The molecule has 0 aromatic heterocycles. The second kappa shape index (κ2) is 6.19. The summed E-state index contributed by atoms with van der Waals surface area (Å²) in [6, 6.07) is 4.48. The van der Waals surface area contributed by atoms with E-state index in [1.807, 2.05) is 0 Å². The quantitative estimate of drug-likeness (QED) is 0.821. The highest BCUT2D eigenvalue weighted by atomic mass is 79.9. The Hall–Kier alpha value is -0.660. The number of hydrogen-bond donors (Lipinski definition) is 1. The van der Waals surface area contributed by atoms with Crippen LogP contribution in [0.3, 0.4) is 0 Å². The zero-order chi connectivity index (χ0) is 13.9. The molecule has 0 radical (unpaired) electrons. The molecule has 1 aliphatic rings. The van der Waals surface area contributed by atoms with Gasteiger partial charge < -0.3 is 10.1 Å². The van der Waals surface area contributed by atoms with E-state index < -0.39 is 15.7 Å². The molecule has 1 heterocycles. The molecule has 0 aliphatic carbocycles. The van der Waals surface area contributed by atoms with Crippen molar-refractivity contribution < 1.29 is 17.5 Å². The van der Waals surface area contributed by atoms with E-state index in [0.29, 0.717) is 19.6 Å². The number of halogens is 2. The fourth-order valence-corrected chi connectivity index (χ4v) is 4.02. The largest absolute Gasteiger partial charge is 0.489 e. The van der Waals surface area contributed by atoms with E-state index in [9.17, 15) is 12.8 Å². The number of nitrogens with one attached hydrogen (secondary N) is 1. The second-order valence-electron chi connectivity index (χ2n) is 4.48. The zero-order valence-electron chi connectivity index (χ0n) is 10.2. The van der Waals surface area contributed by atoms with Crippen LogP contribution in [0.4, 0.5) is 4.39 Å². The van der Waals surface area contributed by atoms with Gasteiger partial charge in [-0.3, -0.25) is 0 Å². The van der Waals surface area contributed by atoms with Crippen LogP contribution in [0.15, 0.2) is 22.7 Å². The first-order valence-electron chi connectivity index (χ1n) is 5.98. The summed E-state index contributed by atoms with van der Waals surface area (Å²) in [5.74, 6) is 0.200. The van der Waals surface area contributed by atoms with Gasteiger partial charge in [0.1, 0.15) is 6.61 Å². The number of hydrogen-bond acceptors (Lipinski definition) is 4. The van der Waals surface area contributed by atoms with Gasteiger partial charge in [-0.25, -0.2) is 12.8 Å². The lowest BCUT2D eigenvalue weighted by atomic mass is 10.3. The molecule has 4 nitrogen and oxygen atoms in total. The van der Waals surface area contributed by atoms with Gasteiger partial charge in [0.05, 0.1) is 11.5 Å². The van der Waals surface area contributed by atoms with Gasteiger partial charge in [-0.05, 0) is 24.6 Å². The first kappa shape index (κ1) is 14.7. The summed E-state index contributed by atoms with van der Waals surface area (Å²) in [6.07, 6.45) is 0.633. The van der Waals surface area contributed by atoms with Gasteiger partial charge in [0.25, 0.3) is 0 Å². The summed E-state index contributed by atoms with van der Waals surface area (Å²) in [4.78, 5) is 0. The number of sulfone groups is 1. The molecule has 0 amide bonds. The Morgan fingerprint density at radius 3 is 2.95 bits per heavy atom. The minimum Gasteiger partial charge on any atom is -0.489 e. The van der Waals surface area contributed by atoms with Crippen molar-refractivity contribution in [1.29, 1.82) is 0 Å². The van der Waals surface area contributed by atoms with Crippen LogP contribution in [0.1, 0.15) is 6.42 Å². The van der Waals surface area contributed by atoms with Gasteiger partial charge in [-0.1, -0.05) is 15.9 Å². The van der Waals surface area contributed by atoms with Gasteiger partial charge in [-0.15, -0.1) is 0 Å². The van der Waals surface area contributed by atoms with Gasteiger partial charge in [0.15, 0.2) is 21.4 Å². The van der Waals surface area contributed by atoms with Crippen molar-refractivity contribution in [1.82, 2.24) is 5.32 Å². The Morgan fingerprint density at radius 2 is 2.26 bits per heavy atom. The average molecular weight is 352 g/mol. The Morgan fingerprint density at radius 1 is 1.47 bits per heavy atom. The molecule has 7 heteroatoms.